The SMILES string of the molecule is CC(C)CN(c1ccc(O)cc1)S(=O)(=O)c1ccc(O)cc1. The number of benzene rings is 2. The molecular weight excluding hydrogens is 302 g/mol. The van der Waals surface area contributed by atoms with Crippen molar-refractivity contribution in [3.63, 3.8) is 0 Å². The van der Waals surface area contributed by atoms with Gasteiger partial charge in [-0.15, -0.1) is 0 Å². The Kier molecular flexibility index (Phi) is 4.61. The van der Waals surface area contributed by atoms with Gasteiger partial charge in [-0.25, -0.2) is 8.42 Å². The third kappa shape index (κ3) is 3.51. The molecule has 6 heteroatoms. The molecule has 22 heavy (non-hydrogen) atoms. The Morgan fingerprint density at radius 3 is 1.82 bits per heavy atom. The maximum Gasteiger partial charge on any atom is 0.264 e. The van der Waals surface area contributed by atoms with Gasteiger partial charge in [0, 0.05) is 6.54 Å². The minimum atomic E-state index is -3.74. The summed E-state index contributed by atoms with van der Waals surface area (Å²) in [5, 5.41) is 18.7. The van der Waals surface area contributed by atoms with Gasteiger partial charge >= 0.3 is 0 Å². The zero-order valence-corrected chi connectivity index (χ0v) is 13.3. The first kappa shape index (κ1) is 16.2. The lowest BCUT2D eigenvalue weighted by Crippen LogP contribution is -2.34. The van der Waals surface area contributed by atoms with E-state index in [1.807, 2.05) is 13.8 Å². The van der Waals surface area contributed by atoms with Crippen molar-refractivity contribution < 1.29 is 18.6 Å². The van der Waals surface area contributed by atoms with E-state index in [2.05, 4.69) is 0 Å². The number of hydrogen-bond acceptors (Lipinski definition) is 4. The predicted octanol–water partition coefficient (Wildman–Crippen LogP) is 2.95. The van der Waals surface area contributed by atoms with Crippen LogP contribution in [-0.2, 0) is 10.0 Å². The molecule has 0 unspecified atom stereocenters. The fourth-order valence-electron chi connectivity index (χ4n) is 2.04. The summed E-state index contributed by atoms with van der Waals surface area (Å²) >= 11 is 0. The van der Waals surface area contributed by atoms with E-state index in [9.17, 15) is 18.6 Å². The van der Waals surface area contributed by atoms with Gasteiger partial charge in [0.25, 0.3) is 10.0 Å². The van der Waals surface area contributed by atoms with E-state index < -0.39 is 10.0 Å². The predicted molar refractivity (Wildman–Crippen MR) is 85.6 cm³/mol. The van der Waals surface area contributed by atoms with Crippen LogP contribution in [0, 0.1) is 5.92 Å². The summed E-state index contributed by atoms with van der Waals surface area (Å²) in [7, 11) is -3.74. The molecule has 118 valence electrons. The van der Waals surface area contributed by atoms with E-state index in [1.165, 1.54) is 40.7 Å². The number of anilines is 1. The van der Waals surface area contributed by atoms with Gasteiger partial charge in [0.1, 0.15) is 11.5 Å². The lowest BCUT2D eigenvalue weighted by atomic mass is 10.2. The second kappa shape index (κ2) is 6.27. The molecule has 0 aliphatic carbocycles. The van der Waals surface area contributed by atoms with E-state index in [0.717, 1.165) is 0 Å². The number of hydrogen-bond donors (Lipinski definition) is 2. The zero-order valence-electron chi connectivity index (χ0n) is 12.5. The van der Waals surface area contributed by atoms with Gasteiger partial charge in [0.05, 0.1) is 10.6 Å². The summed E-state index contributed by atoms with van der Waals surface area (Å²) < 4.78 is 27.0. The maximum absolute atomic E-state index is 12.8. The van der Waals surface area contributed by atoms with Crippen molar-refractivity contribution in [3.05, 3.63) is 48.5 Å². The Labute approximate surface area is 130 Å². The third-order valence-corrected chi connectivity index (χ3v) is 4.90. The second-order valence-corrected chi connectivity index (χ2v) is 7.30. The number of rotatable bonds is 5. The molecule has 2 N–H and O–H groups in total. The molecule has 2 aromatic rings. The van der Waals surface area contributed by atoms with Gasteiger partial charge in [0.15, 0.2) is 0 Å². The average molecular weight is 321 g/mol. The van der Waals surface area contributed by atoms with Crippen molar-refractivity contribution in [1.82, 2.24) is 0 Å². The normalized spacial score (nSPS) is 11.6. The van der Waals surface area contributed by atoms with Crippen LogP contribution in [0.2, 0.25) is 0 Å². The third-order valence-electron chi connectivity index (χ3n) is 3.09. The Morgan fingerprint density at radius 1 is 0.909 bits per heavy atom. The van der Waals surface area contributed by atoms with Crippen molar-refractivity contribution >= 4 is 15.7 Å². The molecule has 0 aromatic heterocycles. The molecule has 0 aliphatic rings. The molecule has 0 radical (unpaired) electrons. The van der Waals surface area contributed by atoms with Crippen molar-refractivity contribution in [1.29, 1.82) is 0 Å². The van der Waals surface area contributed by atoms with Crippen molar-refractivity contribution in [3.8, 4) is 11.5 Å². The van der Waals surface area contributed by atoms with Gasteiger partial charge in [0.2, 0.25) is 0 Å². The Morgan fingerprint density at radius 2 is 1.36 bits per heavy atom. The van der Waals surface area contributed by atoms with Crippen molar-refractivity contribution in [2.75, 3.05) is 10.8 Å². The molecular formula is C16H19NO4S. The molecule has 0 spiro atoms. The zero-order chi connectivity index (χ0) is 16.3. The van der Waals surface area contributed by atoms with Gasteiger partial charge in [-0.2, -0.15) is 0 Å². The monoisotopic (exact) mass is 321 g/mol. The molecule has 0 fully saturated rings. The van der Waals surface area contributed by atoms with E-state index in [1.54, 1.807) is 12.1 Å². The summed E-state index contributed by atoms with van der Waals surface area (Å²) in [5.74, 6) is 0.218. The summed E-state index contributed by atoms with van der Waals surface area (Å²) in [6.07, 6.45) is 0. The van der Waals surface area contributed by atoms with E-state index >= 15 is 0 Å². The van der Waals surface area contributed by atoms with Crippen molar-refractivity contribution in [2.24, 2.45) is 5.92 Å². The highest BCUT2D eigenvalue weighted by Crippen LogP contribution is 2.27. The Balaban J connectivity index is 2.48. The van der Waals surface area contributed by atoms with Crippen LogP contribution >= 0.6 is 0 Å². The average Bonchev–Trinajstić information content (AvgIpc) is 2.46. The van der Waals surface area contributed by atoms with Crippen LogP contribution in [-0.4, -0.2) is 25.2 Å². The number of phenolic OH excluding ortho intramolecular Hbond substituents is 2. The van der Waals surface area contributed by atoms with Crippen LogP contribution in [0.4, 0.5) is 5.69 Å². The number of phenols is 2. The number of nitrogens with zero attached hydrogens (tertiary/aromatic N) is 1. The topological polar surface area (TPSA) is 77.8 Å². The first-order valence-electron chi connectivity index (χ1n) is 6.91. The van der Waals surface area contributed by atoms with Gasteiger partial charge < -0.3 is 10.2 Å². The summed E-state index contributed by atoms with van der Waals surface area (Å²) in [6.45, 7) is 4.17. The van der Waals surface area contributed by atoms with Gasteiger partial charge in [-0.3, -0.25) is 4.31 Å². The highest BCUT2D eigenvalue weighted by molar-refractivity contribution is 7.92. The minimum Gasteiger partial charge on any atom is -0.508 e. The Bertz CT molecular complexity index is 722. The summed E-state index contributed by atoms with van der Waals surface area (Å²) in [4.78, 5) is 0.110. The fraction of sp³-hybridized carbons (Fsp3) is 0.250. The first-order valence-corrected chi connectivity index (χ1v) is 8.35. The van der Waals surface area contributed by atoms with Gasteiger partial charge in [-0.05, 0) is 54.4 Å². The molecule has 0 amide bonds. The van der Waals surface area contributed by atoms with E-state index in [-0.39, 0.29) is 22.3 Å². The van der Waals surface area contributed by atoms with Crippen LogP contribution < -0.4 is 4.31 Å². The molecule has 0 atom stereocenters. The molecule has 0 bridgehead atoms. The minimum absolute atomic E-state index is 0.0130. The number of aromatic hydroxyl groups is 2. The highest BCUT2D eigenvalue weighted by Gasteiger charge is 2.25. The molecule has 0 saturated heterocycles. The van der Waals surface area contributed by atoms with E-state index in [4.69, 9.17) is 0 Å². The van der Waals surface area contributed by atoms with Crippen LogP contribution in [0.3, 0.4) is 0 Å². The Hall–Kier alpha value is -2.21. The molecule has 0 saturated carbocycles. The van der Waals surface area contributed by atoms with E-state index in [0.29, 0.717) is 12.2 Å². The second-order valence-electron chi connectivity index (χ2n) is 5.44. The maximum atomic E-state index is 12.8. The van der Waals surface area contributed by atoms with Crippen LogP contribution in [0.1, 0.15) is 13.8 Å². The molecule has 0 heterocycles. The van der Waals surface area contributed by atoms with Crippen LogP contribution in [0.5, 0.6) is 11.5 Å². The fourth-order valence-corrected chi connectivity index (χ4v) is 3.67. The van der Waals surface area contributed by atoms with Crippen molar-refractivity contribution in [2.45, 2.75) is 18.7 Å². The molecule has 2 aromatic carbocycles. The first-order chi connectivity index (χ1) is 10.3. The lowest BCUT2D eigenvalue weighted by Gasteiger charge is -2.26. The quantitative estimate of drug-likeness (QED) is 0.887. The molecule has 5 nitrogen and oxygen atoms in total. The standard InChI is InChI=1S/C16H19NO4S/c1-12(2)11-17(13-3-5-14(18)6-4-13)22(20,21)16-9-7-15(19)8-10-16/h3-10,12,18-19H,11H2,1-2H3. The molecule has 2 rings (SSSR count). The largest absolute Gasteiger partial charge is 0.508 e. The van der Waals surface area contributed by atoms with Gasteiger partial charge in [-0.1, -0.05) is 13.8 Å². The van der Waals surface area contributed by atoms with Crippen LogP contribution in [0.15, 0.2) is 53.4 Å². The summed E-state index contributed by atoms with van der Waals surface area (Å²) in [6, 6.07) is 11.5. The molecule has 0 aliphatic heterocycles. The highest BCUT2D eigenvalue weighted by atomic mass is 32.2. The van der Waals surface area contributed by atoms with Crippen LogP contribution in [0.25, 0.3) is 0 Å². The lowest BCUT2D eigenvalue weighted by molar-refractivity contribution is 0.474. The smallest absolute Gasteiger partial charge is 0.264 e. The number of sulfonamides is 1. The summed E-state index contributed by atoms with van der Waals surface area (Å²) in [5.41, 5.74) is 0.486.